The average Bonchev–Trinajstić information content (AvgIpc) is 3.00. The molecule has 0 spiro atoms. The molecule has 0 aromatic carbocycles. The van der Waals surface area contributed by atoms with E-state index in [9.17, 15) is 18.0 Å². The van der Waals surface area contributed by atoms with Crippen LogP contribution in [0.2, 0.25) is 0 Å². The number of rotatable bonds is 4. The Morgan fingerprint density at radius 3 is 2.75 bits per heavy atom. The number of sulfonamides is 1. The molecular formula is C14H21N3O6S. The van der Waals surface area contributed by atoms with Crippen molar-refractivity contribution in [1.82, 2.24) is 13.9 Å². The van der Waals surface area contributed by atoms with Crippen LogP contribution in [0.4, 0.5) is 0 Å². The Balaban J connectivity index is 1.85. The van der Waals surface area contributed by atoms with Crippen LogP contribution in [0.25, 0.3) is 0 Å². The van der Waals surface area contributed by atoms with E-state index in [1.54, 1.807) is 0 Å². The number of nitrogens with zero attached hydrogens (tertiary/aromatic N) is 2. The topological polar surface area (TPSA) is 111 Å². The summed E-state index contributed by atoms with van der Waals surface area (Å²) in [4.78, 5) is 25.4. The molecular weight excluding hydrogens is 338 g/mol. The fraction of sp³-hybridized carbons (Fsp3) is 0.714. The van der Waals surface area contributed by atoms with Crippen LogP contribution < -0.4 is 11.2 Å². The molecule has 0 amide bonds. The van der Waals surface area contributed by atoms with Crippen molar-refractivity contribution in [2.75, 3.05) is 26.0 Å². The molecule has 3 heterocycles. The zero-order valence-corrected chi connectivity index (χ0v) is 14.4. The summed E-state index contributed by atoms with van der Waals surface area (Å²) in [5, 5.41) is 0. The third-order valence-corrected chi connectivity index (χ3v) is 6.61. The first kappa shape index (κ1) is 17.3. The van der Waals surface area contributed by atoms with Gasteiger partial charge in [0.05, 0.1) is 11.9 Å². The molecule has 2 aliphatic rings. The van der Waals surface area contributed by atoms with E-state index in [4.69, 9.17) is 9.47 Å². The summed E-state index contributed by atoms with van der Waals surface area (Å²) in [7, 11) is -1.70. The molecule has 1 aromatic rings. The summed E-state index contributed by atoms with van der Waals surface area (Å²) in [6.07, 6.45) is 0.430. The molecule has 134 valence electrons. The third kappa shape index (κ3) is 3.06. The first-order valence-electron chi connectivity index (χ1n) is 7.81. The van der Waals surface area contributed by atoms with E-state index < -0.39 is 39.7 Å². The van der Waals surface area contributed by atoms with E-state index in [0.717, 1.165) is 0 Å². The van der Waals surface area contributed by atoms with Gasteiger partial charge in [-0.2, -0.15) is 4.31 Å². The maximum Gasteiger partial charge on any atom is 0.330 e. The number of H-pyrrole nitrogens is 1. The Hall–Kier alpha value is -1.49. The number of methoxy groups -OCH3 is 1. The van der Waals surface area contributed by atoms with Gasteiger partial charge in [-0.05, 0) is 6.42 Å². The Morgan fingerprint density at radius 1 is 1.42 bits per heavy atom. The number of hydrogen-bond acceptors (Lipinski definition) is 6. The molecule has 4 atom stereocenters. The predicted molar refractivity (Wildman–Crippen MR) is 85.2 cm³/mol. The number of ether oxygens (including phenoxy) is 2. The van der Waals surface area contributed by atoms with Crippen molar-refractivity contribution in [3.8, 4) is 0 Å². The highest BCUT2D eigenvalue weighted by Crippen LogP contribution is 2.36. The fourth-order valence-electron chi connectivity index (χ4n) is 3.34. The molecule has 1 aromatic heterocycles. The summed E-state index contributed by atoms with van der Waals surface area (Å²) in [5.41, 5.74) is -1.08. The minimum atomic E-state index is -3.22. The monoisotopic (exact) mass is 359 g/mol. The largest absolute Gasteiger partial charge is 0.376 e. The first-order valence-corrected chi connectivity index (χ1v) is 9.42. The number of hydrogen-bond donors (Lipinski definition) is 1. The molecule has 3 rings (SSSR count). The van der Waals surface area contributed by atoms with E-state index >= 15 is 0 Å². The van der Waals surface area contributed by atoms with Crippen molar-refractivity contribution in [3.05, 3.63) is 33.1 Å². The van der Waals surface area contributed by atoms with Gasteiger partial charge < -0.3 is 9.47 Å². The molecule has 1 N–H and O–H groups in total. The van der Waals surface area contributed by atoms with E-state index in [-0.39, 0.29) is 18.2 Å². The lowest BCUT2D eigenvalue weighted by atomic mass is 10.00. The standard InChI is InChI=1S/C14H21N3O6S/c1-9-10(8-16-5-3-7-24(16,20)21)23-13(12(9)22-2)17-6-4-11(18)15-14(17)19/h4,6,9-10,12-13H,3,5,7-8H2,1-2H3,(H,15,18,19)/t9-,10-,12-,13-/m1/s1. The minimum Gasteiger partial charge on any atom is -0.376 e. The molecule has 9 nitrogen and oxygen atoms in total. The predicted octanol–water partition coefficient (Wildman–Crippen LogP) is -0.879. The van der Waals surface area contributed by atoms with Gasteiger partial charge in [-0.25, -0.2) is 13.2 Å². The van der Waals surface area contributed by atoms with Gasteiger partial charge in [0.15, 0.2) is 6.23 Å². The van der Waals surface area contributed by atoms with Gasteiger partial charge in [0, 0.05) is 38.4 Å². The molecule has 2 fully saturated rings. The second-order valence-corrected chi connectivity index (χ2v) is 8.26. The maximum atomic E-state index is 12.0. The second kappa shape index (κ2) is 6.43. The van der Waals surface area contributed by atoms with Crippen LogP contribution in [0, 0.1) is 5.92 Å². The summed E-state index contributed by atoms with van der Waals surface area (Å²) in [5.74, 6) is 0.0413. The Bertz CT molecular complexity index is 816. The van der Waals surface area contributed by atoms with Crippen molar-refractivity contribution in [3.63, 3.8) is 0 Å². The SMILES string of the molecule is CO[C@@H]1[C@H](C)[C@@H](CN2CCCS2(=O)=O)O[C@H]1n1ccc(=O)[nH]c1=O. The zero-order valence-electron chi connectivity index (χ0n) is 13.5. The van der Waals surface area contributed by atoms with Crippen molar-refractivity contribution in [1.29, 1.82) is 0 Å². The molecule has 0 bridgehead atoms. The van der Waals surface area contributed by atoms with E-state index in [1.165, 1.54) is 28.2 Å². The minimum absolute atomic E-state index is 0.116. The van der Waals surface area contributed by atoms with Gasteiger partial charge in [-0.1, -0.05) is 6.92 Å². The number of aromatic amines is 1. The molecule has 0 saturated carbocycles. The lowest BCUT2D eigenvalue weighted by Crippen LogP contribution is -2.37. The average molecular weight is 359 g/mol. The van der Waals surface area contributed by atoms with Crippen LogP contribution in [-0.4, -0.2) is 60.4 Å². The van der Waals surface area contributed by atoms with Crippen molar-refractivity contribution < 1.29 is 17.9 Å². The lowest BCUT2D eigenvalue weighted by molar-refractivity contribution is -0.0546. The van der Waals surface area contributed by atoms with Crippen LogP contribution in [0.1, 0.15) is 19.6 Å². The lowest BCUT2D eigenvalue weighted by Gasteiger charge is -2.22. The van der Waals surface area contributed by atoms with Crippen molar-refractivity contribution >= 4 is 10.0 Å². The Morgan fingerprint density at radius 2 is 2.17 bits per heavy atom. The zero-order chi connectivity index (χ0) is 17.5. The van der Waals surface area contributed by atoms with Gasteiger partial charge in [0.2, 0.25) is 10.0 Å². The smallest absolute Gasteiger partial charge is 0.330 e. The second-order valence-electron chi connectivity index (χ2n) is 6.17. The highest BCUT2D eigenvalue weighted by atomic mass is 32.2. The van der Waals surface area contributed by atoms with Crippen LogP contribution in [0.5, 0.6) is 0 Å². The maximum absolute atomic E-state index is 12.0. The van der Waals surface area contributed by atoms with Crippen LogP contribution in [0.15, 0.2) is 21.9 Å². The summed E-state index contributed by atoms with van der Waals surface area (Å²) >= 11 is 0. The number of nitrogens with one attached hydrogen (secondary N) is 1. The highest BCUT2D eigenvalue weighted by Gasteiger charge is 2.45. The van der Waals surface area contributed by atoms with Crippen LogP contribution >= 0.6 is 0 Å². The quantitative estimate of drug-likeness (QED) is 0.747. The molecule has 10 heteroatoms. The summed E-state index contributed by atoms with van der Waals surface area (Å²) in [6.45, 7) is 2.62. The molecule has 0 radical (unpaired) electrons. The Labute approximate surface area is 139 Å². The van der Waals surface area contributed by atoms with Crippen molar-refractivity contribution in [2.24, 2.45) is 5.92 Å². The van der Waals surface area contributed by atoms with Gasteiger partial charge >= 0.3 is 5.69 Å². The van der Waals surface area contributed by atoms with E-state index in [0.29, 0.717) is 13.0 Å². The van der Waals surface area contributed by atoms with Gasteiger partial charge in [-0.3, -0.25) is 14.3 Å². The van der Waals surface area contributed by atoms with Crippen LogP contribution in [0.3, 0.4) is 0 Å². The molecule has 0 aliphatic carbocycles. The number of aromatic nitrogens is 2. The first-order chi connectivity index (χ1) is 11.3. The summed E-state index contributed by atoms with van der Waals surface area (Å²) < 4.78 is 38.1. The van der Waals surface area contributed by atoms with E-state index in [1.807, 2.05) is 6.92 Å². The van der Waals surface area contributed by atoms with Crippen LogP contribution in [-0.2, 0) is 19.5 Å². The third-order valence-electron chi connectivity index (χ3n) is 4.68. The van der Waals surface area contributed by atoms with Gasteiger partial charge in [-0.15, -0.1) is 0 Å². The van der Waals surface area contributed by atoms with E-state index in [2.05, 4.69) is 4.98 Å². The van der Waals surface area contributed by atoms with Gasteiger partial charge in [0.25, 0.3) is 5.56 Å². The molecule has 0 unspecified atom stereocenters. The molecule has 2 saturated heterocycles. The summed E-state index contributed by atoms with van der Waals surface area (Å²) in [6, 6.07) is 1.24. The Kier molecular flexibility index (Phi) is 4.65. The van der Waals surface area contributed by atoms with Crippen molar-refractivity contribution in [2.45, 2.75) is 31.8 Å². The highest BCUT2D eigenvalue weighted by molar-refractivity contribution is 7.89. The molecule has 2 aliphatic heterocycles. The molecule has 24 heavy (non-hydrogen) atoms. The van der Waals surface area contributed by atoms with Gasteiger partial charge in [0.1, 0.15) is 6.10 Å². The normalized spacial score (nSPS) is 33.1. The fourth-order valence-corrected chi connectivity index (χ4v) is 4.87.